The molecule has 1 heterocycles. The van der Waals surface area contributed by atoms with Crippen LogP contribution in [0.25, 0.3) is 0 Å². The number of ketones is 2. The fourth-order valence-corrected chi connectivity index (χ4v) is 1.57. The summed E-state index contributed by atoms with van der Waals surface area (Å²) < 4.78 is 5.08. The standard InChI is InChI=1S/C9H9NO6/c11-3-5(12)9(15)1-6(9)16-4-2-10-8(14)7(4)13/h3-4,6,15H,1-2H2,(H,10,14). The van der Waals surface area contributed by atoms with Gasteiger partial charge in [-0.05, 0) is 0 Å². The van der Waals surface area contributed by atoms with Crippen LogP contribution in [0.2, 0.25) is 0 Å². The van der Waals surface area contributed by atoms with Crippen LogP contribution in [-0.4, -0.2) is 53.2 Å². The summed E-state index contributed by atoms with van der Waals surface area (Å²) in [7, 11) is 0. The van der Waals surface area contributed by atoms with Gasteiger partial charge in [-0.3, -0.25) is 19.2 Å². The van der Waals surface area contributed by atoms with Crippen molar-refractivity contribution in [2.24, 2.45) is 0 Å². The lowest BCUT2D eigenvalue weighted by Gasteiger charge is -2.09. The molecule has 0 radical (unpaired) electrons. The predicted octanol–water partition coefficient (Wildman–Crippen LogP) is -2.66. The molecule has 0 aromatic heterocycles. The maximum Gasteiger partial charge on any atom is 0.290 e. The zero-order chi connectivity index (χ0) is 11.9. The number of nitrogens with one attached hydrogen (secondary N) is 1. The number of hydrogen-bond donors (Lipinski definition) is 2. The van der Waals surface area contributed by atoms with Gasteiger partial charge in [0.1, 0.15) is 6.10 Å². The minimum absolute atomic E-state index is 0.0171. The molecule has 0 bridgehead atoms. The molecule has 1 saturated heterocycles. The Labute approximate surface area is 89.8 Å². The number of aliphatic hydroxyl groups is 1. The molecule has 2 aliphatic rings. The monoisotopic (exact) mass is 227 g/mol. The van der Waals surface area contributed by atoms with Gasteiger partial charge < -0.3 is 15.2 Å². The van der Waals surface area contributed by atoms with Crippen molar-refractivity contribution in [3.63, 3.8) is 0 Å². The molecule has 1 aliphatic carbocycles. The van der Waals surface area contributed by atoms with Crippen molar-refractivity contribution < 1.29 is 29.0 Å². The van der Waals surface area contributed by atoms with E-state index in [2.05, 4.69) is 5.32 Å². The first-order valence-electron chi connectivity index (χ1n) is 4.68. The van der Waals surface area contributed by atoms with Crippen LogP contribution in [0, 0.1) is 0 Å². The molecule has 2 fully saturated rings. The number of rotatable bonds is 4. The highest BCUT2D eigenvalue weighted by Gasteiger charge is 2.61. The molecular weight excluding hydrogens is 218 g/mol. The van der Waals surface area contributed by atoms with Crippen LogP contribution in [-0.2, 0) is 23.9 Å². The Kier molecular flexibility index (Phi) is 2.36. The maximum atomic E-state index is 11.1. The Morgan fingerprint density at radius 1 is 1.56 bits per heavy atom. The van der Waals surface area contributed by atoms with Crippen molar-refractivity contribution in [3.8, 4) is 0 Å². The molecule has 2 N–H and O–H groups in total. The zero-order valence-electron chi connectivity index (χ0n) is 8.13. The van der Waals surface area contributed by atoms with Gasteiger partial charge in [0, 0.05) is 6.42 Å². The van der Waals surface area contributed by atoms with E-state index in [1.165, 1.54) is 0 Å². The SMILES string of the molecule is O=CC(=O)C1(O)CC1OC1CNC(=O)C1=O. The number of carbonyl (C=O) groups excluding carboxylic acids is 4. The van der Waals surface area contributed by atoms with Gasteiger partial charge >= 0.3 is 0 Å². The molecule has 0 spiro atoms. The third kappa shape index (κ3) is 1.54. The molecular formula is C9H9NO6. The average molecular weight is 227 g/mol. The first kappa shape index (κ1) is 10.9. The van der Waals surface area contributed by atoms with Crippen LogP contribution in [0.5, 0.6) is 0 Å². The van der Waals surface area contributed by atoms with Crippen LogP contribution < -0.4 is 5.32 Å². The molecule has 1 aliphatic heterocycles. The van der Waals surface area contributed by atoms with E-state index in [0.29, 0.717) is 0 Å². The third-order valence-electron chi connectivity index (χ3n) is 2.70. The first-order chi connectivity index (χ1) is 7.49. The second-order valence-corrected chi connectivity index (χ2v) is 3.80. The van der Waals surface area contributed by atoms with Crippen molar-refractivity contribution in [2.75, 3.05) is 6.54 Å². The van der Waals surface area contributed by atoms with Crippen molar-refractivity contribution >= 4 is 23.8 Å². The molecule has 3 unspecified atom stereocenters. The number of hydrogen-bond acceptors (Lipinski definition) is 6. The Morgan fingerprint density at radius 3 is 2.75 bits per heavy atom. The van der Waals surface area contributed by atoms with Gasteiger partial charge in [0.05, 0.1) is 12.6 Å². The van der Waals surface area contributed by atoms with Crippen LogP contribution in [0.1, 0.15) is 6.42 Å². The van der Waals surface area contributed by atoms with Gasteiger partial charge in [0.15, 0.2) is 11.9 Å². The predicted molar refractivity (Wildman–Crippen MR) is 47.3 cm³/mol. The number of carbonyl (C=O) groups is 4. The van der Waals surface area contributed by atoms with E-state index in [-0.39, 0.29) is 19.3 Å². The number of aldehydes is 1. The van der Waals surface area contributed by atoms with Gasteiger partial charge in [-0.25, -0.2) is 0 Å². The largest absolute Gasteiger partial charge is 0.379 e. The van der Waals surface area contributed by atoms with E-state index in [9.17, 15) is 24.3 Å². The maximum absolute atomic E-state index is 11.1. The molecule has 1 amide bonds. The van der Waals surface area contributed by atoms with E-state index in [0.717, 1.165) is 0 Å². The topological polar surface area (TPSA) is 110 Å². The van der Waals surface area contributed by atoms with Crippen molar-refractivity contribution in [1.29, 1.82) is 0 Å². The number of Topliss-reactive ketones (excluding diaryl/α,β-unsaturated/α-hetero) is 2. The van der Waals surface area contributed by atoms with E-state index < -0.39 is 35.3 Å². The normalized spacial score (nSPS) is 37.1. The minimum atomic E-state index is -1.81. The van der Waals surface area contributed by atoms with E-state index in [1.807, 2.05) is 0 Å². The smallest absolute Gasteiger partial charge is 0.290 e. The highest BCUT2D eigenvalue weighted by molar-refractivity contribution is 6.40. The molecule has 86 valence electrons. The van der Waals surface area contributed by atoms with Crippen molar-refractivity contribution in [3.05, 3.63) is 0 Å². The summed E-state index contributed by atoms with van der Waals surface area (Å²) in [6.45, 7) is 0.0273. The first-order valence-corrected chi connectivity index (χ1v) is 4.68. The Hall–Kier alpha value is -1.60. The van der Waals surface area contributed by atoms with E-state index in [4.69, 9.17) is 4.74 Å². The van der Waals surface area contributed by atoms with E-state index >= 15 is 0 Å². The van der Waals surface area contributed by atoms with Crippen molar-refractivity contribution in [1.82, 2.24) is 5.32 Å². The van der Waals surface area contributed by atoms with Crippen LogP contribution in [0.4, 0.5) is 0 Å². The summed E-state index contributed by atoms with van der Waals surface area (Å²) >= 11 is 0. The quantitative estimate of drug-likeness (QED) is 0.400. The minimum Gasteiger partial charge on any atom is -0.379 e. The van der Waals surface area contributed by atoms with Gasteiger partial charge in [0.25, 0.3) is 5.91 Å². The molecule has 1 saturated carbocycles. The van der Waals surface area contributed by atoms with Crippen LogP contribution >= 0.6 is 0 Å². The lowest BCUT2D eigenvalue weighted by atomic mass is 10.2. The second kappa shape index (κ2) is 3.46. The summed E-state index contributed by atoms with van der Waals surface area (Å²) in [6, 6.07) is 0. The Balaban J connectivity index is 1.95. The summed E-state index contributed by atoms with van der Waals surface area (Å²) in [6.07, 6.45) is -1.87. The Morgan fingerprint density at radius 2 is 2.25 bits per heavy atom. The molecule has 7 nitrogen and oxygen atoms in total. The summed E-state index contributed by atoms with van der Waals surface area (Å²) in [5, 5.41) is 11.8. The highest BCUT2D eigenvalue weighted by Crippen LogP contribution is 2.40. The molecule has 0 aromatic carbocycles. The van der Waals surface area contributed by atoms with Crippen LogP contribution in [0.3, 0.4) is 0 Å². The zero-order valence-corrected chi connectivity index (χ0v) is 8.13. The summed E-state index contributed by atoms with van der Waals surface area (Å²) in [5.74, 6) is -2.44. The second-order valence-electron chi connectivity index (χ2n) is 3.80. The number of ether oxygens (including phenoxy) is 1. The lowest BCUT2D eigenvalue weighted by Crippen LogP contribution is -2.33. The average Bonchev–Trinajstić information content (AvgIpc) is 2.83. The van der Waals surface area contributed by atoms with Gasteiger partial charge in [-0.1, -0.05) is 0 Å². The van der Waals surface area contributed by atoms with Crippen LogP contribution in [0.15, 0.2) is 0 Å². The third-order valence-corrected chi connectivity index (χ3v) is 2.70. The highest BCUT2D eigenvalue weighted by atomic mass is 16.5. The van der Waals surface area contributed by atoms with Gasteiger partial charge in [-0.2, -0.15) is 0 Å². The fraction of sp³-hybridized carbons (Fsp3) is 0.556. The molecule has 3 atom stereocenters. The van der Waals surface area contributed by atoms with Gasteiger partial charge in [0.2, 0.25) is 11.6 Å². The van der Waals surface area contributed by atoms with Gasteiger partial charge in [-0.15, -0.1) is 0 Å². The van der Waals surface area contributed by atoms with Crippen molar-refractivity contribution in [2.45, 2.75) is 24.2 Å². The molecule has 0 aromatic rings. The molecule has 2 rings (SSSR count). The summed E-state index contributed by atoms with van der Waals surface area (Å²) in [5.41, 5.74) is -1.81. The summed E-state index contributed by atoms with van der Waals surface area (Å²) in [4.78, 5) is 43.1. The Bertz CT molecular complexity index is 391. The number of amides is 1. The molecule has 16 heavy (non-hydrogen) atoms. The molecule has 7 heteroatoms. The van der Waals surface area contributed by atoms with E-state index in [1.54, 1.807) is 0 Å². The lowest BCUT2D eigenvalue weighted by molar-refractivity contribution is -0.144. The fourth-order valence-electron chi connectivity index (χ4n) is 1.57.